The van der Waals surface area contributed by atoms with Crippen LogP contribution in [0.4, 0.5) is 4.39 Å². The van der Waals surface area contributed by atoms with Gasteiger partial charge in [0.2, 0.25) is 0 Å². The summed E-state index contributed by atoms with van der Waals surface area (Å²) in [6, 6.07) is 8.66. The maximum absolute atomic E-state index is 12.9. The summed E-state index contributed by atoms with van der Waals surface area (Å²) in [6.45, 7) is 6.02. The minimum atomic E-state index is -0.379. The quantitative estimate of drug-likeness (QED) is 0.880. The third kappa shape index (κ3) is 4.40. The molecule has 0 saturated heterocycles. The third-order valence-corrected chi connectivity index (χ3v) is 4.19. The molecule has 20 heavy (non-hydrogen) atoms. The first-order valence-electron chi connectivity index (χ1n) is 6.72. The second kappa shape index (κ2) is 6.97. The minimum Gasteiger partial charge on any atom is -0.392 e. The molecule has 0 fully saturated rings. The van der Waals surface area contributed by atoms with Crippen LogP contribution in [-0.2, 0) is 13.1 Å². The normalized spacial score (nSPS) is 12.8. The minimum absolute atomic E-state index is 0.218. The molecule has 1 atom stereocenters. The molecule has 1 unspecified atom stereocenters. The van der Waals surface area contributed by atoms with Crippen molar-refractivity contribution in [1.82, 2.24) is 4.90 Å². The standard InChI is InChI=1S/C16H20FNOS/c1-12-7-8-20-16(12)11-18(9-13(2)19)10-14-3-5-15(17)6-4-14/h3-8,13,19H,9-11H2,1-2H3. The van der Waals surface area contributed by atoms with Gasteiger partial charge in [-0.15, -0.1) is 11.3 Å². The molecule has 0 saturated carbocycles. The number of aryl methyl sites for hydroxylation is 1. The lowest BCUT2D eigenvalue weighted by Crippen LogP contribution is -2.30. The van der Waals surface area contributed by atoms with Crippen molar-refractivity contribution < 1.29 is 9.50 Å². The summed E-state index contributed by atoms with van der Waals surface area (Å²) in [5, 5.41) is 11.7. The van der Waals surface area contributed by atoms with Crippen LogP contribution < -0.4 is 0 Å². The number of nitrogens with zero attached hydrogens (tertiary/aromatic N) is 1. The maximum atomic E-state index is 12.9. The first kappa shape index (κ1) is 15.2. The van der Waals surface area contributed by atoms with Crippen molar-refractivity contribution in [2.45, 2.75) is 33.0 Å². The van der Waals surface area contributed by atoms with Gasteiger partial charge >= 0.3 is 0 Å². The van der Waals surface area contributed by atoms with Crippen LogP contribution in [0.1, 0.15) is 22.9 Å². The highest BCUT2D eigenvalue weighted by Crippen LogP contribution is 2.19. The van der Waals surface area contributed by atoms with Crippen molar-refractivity contribution in [1.29, 1.82) is 0 Å². The largest absolute Gasteiger partial charge is 0.392 e. The van der Waals surface area contributed by atoms with Crippen LogP contribution in [0.5, 0.6) is 0 Å². The van der Waals surface area contributed by atoms with E-state index in [1.54, 1.807) is 30.4 Å². The number of thiophene rings is 1. The summed E-state index contributed by atoms with van der Waals surface area (Å²) in [6.07, 6.45) is -0.379. The second-order valence-electron chi connectivity index (χ2n) is 5.17. The van der Waals surface area contributed by atoms with Crippen LogP contribution in [0.3, 0.4) is 0 Å². The number of aliphatic hydroxyl groups excluding tert-OH is 1. The summed E-state index contributed by atoms with van der Waals surface area (Å²) in [4.78, 5) is 3.50. The van der Waals surface area contributed by atoms with Gasteiger partial charge < -0.3 is 5.11 Å². The van der Waals surface area contributed by atoms with E-state index in [9.17, 15) is 9.50 Å². The molecule has 4 heteroatoms. The lowest BCUT2D eigenvalue weighted by atomic mass is 10.2. The maximum Gasteiger partial charge on any atom is 0.123 e. The molecule has 0 aliphatic rings. The molecule has 1 N–H and O–H groups in total. The Balaban J connectivity index is 2.07. The molecule has 0 aliphatic carbocycles. The number of hydrogen-bond acceptors (Lipinski definition) is 3. The predicted molar refractivity (Wildman–Crippen MR) is 81.3 cm³/mol. The van der Waals surface area contributed by atoms with Crippen molar-refractivity contribution in [2.24, 2.45) is 0 Å². The van der Waals surface area contributed by atoms with Crippen LogP contribution in [-0.4, -0.2) is 22.7 Å². The average Bonchev–Trinajstić information content (AvgIpc) is 2.77. The molecule has 0 spiro atoms. The molecule has 108 valence electrons. The number of hydrogen-bond donors (Lipinski definition) is 1. The zero-order chi connectivity index (χ0) is 14.5. The Labute approximate surface area is 123 Å². The van der Waals surface area contributed by atoms with E-state index in [4.69, 9.17) is 0 Å². The van der Waals surface area contributed by atoms with Crippen molar-refractivity contribution in [3.63, 3.8) is 0 Å². The molecule has 2 rings (SSSR count). The molecular weight excluding hydrogens is 273 g/mol. The van der Waals surface area contributed by atoms with Gasteiger partial charge in [0.15, 0.2) is 0 Å². The van der Waals surface area contributed by atoms with Crippen LogP contribution in [0, 0.1) is 12.7 Å². The molecule has 1 aromatic carbocycles. The van der Waals surface area contributed by atoms with Gasteiger partial charge in [-0.1, -0.05) is 12.1 Å². The van der Waals surface area contributed by atoms with E-state index in [-0.39, 0.29) is 11.9 Å². The second-order valence-corrected chi connectivity index (χ2v) is 6.17. The Hall–Kier alpha value is -1.23. The Morgan fingerprint density at radius 2 is 1.90 bits per heavy atom. The fourth-order valence-corrected chi connectivity index (χ4v) is 3.12. The highest BCUT2D eigenvalue weighted by Gasteiger charge is 2.12. The third-order valence-electron chi connectivity index (χ3n) is 3.18. The Kier molecular flexibility index (Phi) is 5.29. The Bertz CT molecular complexity index is 536. The van der Waals surface area contributed by atoms with Crippen LogP contribution in [0.15, 0.2) is 35.7 Å². The van der Waals surface area contributed by atoms with Gasteiger partial charge in [0.05, 0.1) is 6.10 Å². The molecule has 0 aliphatic heterocycles. The molecule has 1 heterocycles. The SMILES string of the molecule is Cc1ccsc1CN(Cc1ccc(F)cc1)CC(C)O. The van der Waals surface area contributed by atoms with Crippen molar-refractivity contribution in [3.8, 4) is 0 Å². The van der Waals surface area contributed by atoms with Gasteiger partial charge in [0.25, 0.3) is 0 Å². The number of aliphatic hydroxyl groups is 1. The highest BCUT2D eigenvalue weighted by atomic mass is 32.1. The van der Waals surface area contributed by atoms with Gasteiger partial charge in [-0.25, -0.2) is 4.39 Å². The van der Waals surface area contributed by atoms with E-state index in [1.807, 2.05) is 0 Å². The lowest BCUT2D eigenvalue weighted by molar-refractivity contribution is 0.118. The zero-order valence-electron chi connectivity index (χ0n) is 11.8. The first-order chi connectivity index (χ1) is 9.54. The Morgan fingerprint density at radius 1 is 1.20 bits per heavy atom. The van der Waals surface area contributed by atoms with Crippen LogP contribution in [0.2, 0.25) is 0 Å². The fraction of sp³-hybridized carbons (Fsp3) is 0.375. The highest BCUT2D eigenvalue weighted by molar-refractivity contribution is 7.10. The molecular formula is C16H20FNOS. The average molecular weight is 293 g/mol. The number of halogens is 1. The predicted octanol–water partition coefficient (Wildman–Crippen LogP) is 3.58. The van der Waals surface area contributed by atoms with Gasteiger partial charge in [-0.2, -0.15) is 0 Å². The van der Waals surface area contributed by atoms with Gasteiger partial charge in [0, 0.05) is 24.5 Å². The van der Waals surface area contributed by atoms with E-state index >= 15 is 0 Å². The van der Waals surface area contributed by atoms with Gasteiger partial charge in [-0.05, 0) is 48.6 Å². The first-order valence-corrected chi connectivity index (χ1v) is 7.60. The summed E-state index contributed by atoms with van der Waals surface area (Å²) >= 11 is 1.73. The summed E-state index contributed by atoms with van der Waals surface area (Å²) in [7, 11) is 0. The fourth-order valence-electron chi connectivity index (χ4n) is 2.18. The molecule has 1 aromatic heterocycles. The lowest BCUT2D eigenvalue weighted by Gasteiger charge is -2.23. The van der Waals surface area contributed by atoms with Crippen molar-refractivity contribution in [2.75, 3.05) is 6.54 Å². The van der Waals surface area contributed by atoms with Crippen LogP contribution >= 0.6 is 11.3 Å². The zero-order valence-corrected chi connectivity index (χ0v) is 12.7. The molecule has 2 nitrogen and oxygen atoms in total. The van der Waals surface area contributed by atoms with E-state index in [0.717, 1.165) is 12.1 Å². The van der Waals surface area contributed by atoms with Crippen LogP contribution in [0.25, 0.3) is 0 Å². The monoisotopic (exact) mass is 293 g/mol. The number of rotatable bonds is 6. The van der Waals surface area contributed by atoms with Crippen molar-refractivity contribution >= 4 is 11.3 Å². The van der Waals surface area contributed by atoms with Gasteiger partial charge in [0.1, 0.15) is 5.82 Å². The van der Waals surface area contributed by atoms with E-state index < -0.39 is 0 Å². The van der Waals surface area contributed by atoms with Crippen molar-refractivity contribution in [3.05, 3.63) is 57.5 Å². The molecule has 2 aromatic rings. The molecule has 0 amide bonds. The van der Waals surface area contributed by atoms with E-state index in [2.05, 4.69) is 23.3 Å². The summed E-state index contributed by atoms with van der Waals surface area (Å²) in [5.74, 6) is -0.218. The Morgan fingerprint density at radius 3 is 2.45 bits per heavy atom. The van der Waals surface area contributed by atoms with E-state index in [1.165, 1.54) is 22.6 Å². The van der Waals surface area contributed by atoms with Gasteiger partial charge in [-0.3, -0.25) is 4.90 Å². The summed E-state index contributed by atoms with van der Waals surface area (Å²) < 4.78 is 12.9. The smallest absolute Gasteiger partial charge is 0.123 e. The van der Waals surface area contributed by atoms with E-state index in [0.29, 0.717) is 13.1 Å². The molecule has 0 bridgehead atoms. The molecule has 0 radical (unpaired) electrons. The topological polar surface area (TPSA) is 23.5 Å². The number of benzene rings is 1. The summed E-state index contributed by atoms with van der Waals surface area (Å²) in [5.41, 5.74) is 2.34.